The number of nitrogens with one attached hydrogen (secondary N) is 1. The molecule has 0 radical (unpaired) electrons. The number of hydrogen-bond donors (Lipinski definition) is 1. The second-order valence-electron chi connectivity index (χ2n) is 3.70. The van der Waals surface area contributed by atoms with Crippen molar-refractivity contribution >= 4 is 0 Å². The van der Waals surface area contributed by atoms with Gasteiger partial charge in [0.1, 0.15) is 0 Å². The minimum absolute atomic E-state index is 0.402. The average molecular weight is 211 g/mol. The Labute approximate surface area is 91.8 Å². The Morgan fingerprint density at radius 2 is 2.40 bits per heavy atom. The second-order valence-corrected chi connectivity index (χ2v) is 3.70. The first-order valence-corrected chi connectivity index (χ1v) is 5.63. The molecule has 0 aliphatic heterocycles. The Kier molecular flexibility index (Phi) is 6.12. The van der Waals surface area contributed by atoms with Crippen LogP contribution in [0.1, 0.15) is 37.8 Å². The van der Waals surface area contributed by atoms with Crippen molar-refractivity contribution in [2.45, 2.75) is 32.2 Å². The molecular formula is C12H21NO2. The quantitative estimate of drug-likeness (QED) is 0.671. The molecule has 0 aliphatic rings. The van der Waals surface area contributed by atoms with Crippen LogP contribution in [0.3, 0.4) is 0 Å². The van der Waals surface area contributed by atoms with E-state index in [1.807, 2.05) is 12.3 Å². The van der Waals surface area contributed by atoms with Crippen molar-refractivity contribution < 1.29 is 9.15 Å². The molecule has 3 nitrogen and oxygen atoms in total. The van der Waals surface area contributed by atoms with Gasteiger partial charge in [0, 0.05) is 25.3 Å². The summed E-state index contributed by atoms with van der Waals surface area (Å²) in [5, 5.41) is 3.52. The summed E-state index contributed by atoms with van der Waals surface area (Å²) >= 11 is 0. The number of ether oxygens (including phenoxy) is 1. The molecule has 1 aromatic rings. The fourth-order valence-corrected chi connectivity index (χ4v) is 1.61. The van der Waals surface area contributed by atoms with E-state index >= 15 is 0 Å². The average Bonchev–Trinajstić information content (AvgIpc) is 2.76. The monoisotopic (exact) mass is 211 g/mol. The highest BCUT2D eigenvalue weighted by Crippen LogP contribution is 2.18. The van der Waals surface area contributed by atoms with Gasteiger partial charge in [-0.1, -0.05) is 6.92 Å². The standard InChI is InChI=1S/C12H21NO2/c1-3-7-13-12(5-4-8-14-2)11-6-9-15-10-11/h6,9-10,12-13H,3-5,7-8H2,1-2H3. The summed E-state index contributed by atoms with van der Waals surface area (Å²) in [5.41, 5.74) is 1.24. The molecule has 0 bridgehead atoms. The zero-order chi connectivity index (χ0) is 10.9. The first-order valence-electron chi connectivity index (χ1n) is 5.63. The summed E-state index contributed by atoms with van der Waals surface area (Å²) in [7, 11) is 1.74. The van der Waals surface area contributed by atoms with Crippen molar-refractivity contribution in [1.29, 1.82) is 0 Å². The number of hydrogen-bond acceptors (Lipinski definition) is 3. The van der Waals surface area contributed by atoms with Gasteiger partial charge in [0.25, 0.3) is 0 Å². The number of rotatable bonds is 8. The van der Waals surface area contributed by atoms with Crippen molar-refractivity contribution in [1.82, 2.24) is 5.32 Å². The van der Waals surface area contributed by atoms with Gasteiger partial charge >= 0.3 is 0 Å². The fourth-order valence-electron chi connectivity index (χ4n) is 1.61. The topological polar surface area (TPSA) is 34.4 Å². The molecule has 1 unspecified atom stereocenters. The Morgan fingerprint density at radius 3 is 3.00 bits per heavy atom. The highest BCUT2D eigenvalue weighted by molar-refractivity contribution is 5.11. The van der Waals surface area contributed by atoms with Crippen molar-refractivity contribution in [2.75, 3.05) is 20.3 Å². The van der Waals surface area contributed by atoms with Crippen LogP contribution in [0, 0.1) is 0 Å². The smallest absolute Gasteiger partial charge is 0.0950 e. The fraction of sp³-hybridized carbons (Fsp3) is 0.667. The van der Waals surface area contributed by atoms with E-state index in [9.17, 15) is 0 Å². The lowest BCUT2D eigenvalue weighted by Gasteiger charge is -2.16. The lowest BCUT2D eigenvalue weighted by atomic mass is 10.1. The Morgan fingerprint density at radius 1 is 1.53 bits per heavy atom. The van der Waals surface area contributed by atoms with Crippen molar-refractivity contribution in [3.05, 3.63) is 24.2 Å². The maximum atomic E-state index is 5.11. The van der Waals surface area contributed by atoms with E-state index in [1.54, 1.807) is 13.4 Å². The lowest BCUT2D eigenvalue weighted by Crippen LogP contribution is -2.22. The molecule has 1 N–H and O–H groups in total. The highest BCUT2D eigenvalue weighted by atomic mass is 16.5. The SMILES string of the molecule is CCCNC(CCCOC)c1ccoc1. The zero-order valence-electron chi connectivity index (χ0n) is 9.66. The van der Waals surface area contributed by atoms with Crippen LogP contribution < -0.4 is 5.32 Å². The Balaban J connectivity index is 2.39. The molecule has 3 heteroatoms. The zero-order valence-corrected chi connectivity index (χ0v) is 9.66. The highest BCUT2D eigenvalue weighted by Gasteiger charge is 2.10. The van der Waals surface area contributed by atoms with Gasteiger partial charge in [-0.3, -0.25) is 0 Å². The summed E-state index contributed by atoms with van der Waals surface area (Å²) in [6.45, 7) is 4.04. The van der Waals surface area contributed by atoms with Gasteiger partial charge < -0.3 is 14.5 Å². The lowest BCUT2D eigenvalue weighted by molar-refractivity contribution is 0.188. The van der Waals surface area contributed by atoms with Crippen LogP contribution in [-0.2, 0) is 4.74 Å². The first-order chi connectivity index (χ1) is 7.38. The van der Waals surface area contributed by atoms with Crippen LogP contribution in [0.15, 0.2) is 23.0 Å². The summed E-state index contributed by atoms with van der Waals surface area (Å²) < 4.78 is 10.2. The van der Waals surface area contributed by atoms with Gasteiger partial charge in [0.05, 0.1) is 12.5 Å². The van der Waals surface area contributed by atoms with E-state index in [2.05, 4.69) is 12.2 Å². The van der Waals surface area contributed by atoms with Crippen molar-refractivity contribution in [3.63, 3.8) is 0 Å². The maximum absolute atomic E-state index is 5.11. The summed E-state index contributed by atoms with van der Waals surface area (Å²) in [5.74, 6) is 0. The molecule has 0 saturated carbocycles. The molecule has 15 heavy (non-hydrogen) atoms. The third-order valence-corrected chi connectivity index (χ3v) is 2.43. The van der Waals surface area contributed by atoms with Gasteiger partial charge in [-0.05, 0) is 31.9 Å². The summed E-state index contributed by atoms with van der Waals surface area (Å²) in [4.78, 5) is 0. The normalized spacial score (nSPS) is 12.9. The predicted octanol–water partition coefficient (Wildman–Crippen LogP) is 2.75. The van der Waals surface area contributed by atoms with Gasteiger partial charge in [0.15, 0.2) is 0 Å². The molecule has 0 spiro atoms. The van der Waals surface area contributed by atoms with Crippen LogP contribution in [0.5, 0.6) is 0 Å². The van der Waals surface area contributed by atoms with E-state index in [1.165, 1.54) is 5.56 Å². The van der Waals surface area contributed by atoms with Gasteiger partial charge in [0.2, 0.25) is 0 Å². The minimum atomic E-state index is 0.402. The molecule has 1 rings (SSSR count). The Hall–Kier alpha value is -0.800. The van der Waals surface area contributed by atoms with Crippen LogP contribution in [-0.4, -0.2) is 20.3 Å². The minimum Gasteiger partial charge on any atom is -0.472 e. The van der Waals surface area contributed by atoms with Gasteiger partial charge in [-0.2, -0.15) is 0 Å². The number of methoxy groups -OCH3 is 1. The van der Waals surface area contributed by atoms with E-state index in [0.29, 0.717) is 6.04 Å². The third kappa shape index (κ3) is 4.49. The molecule has 1 heterocycles. The number of furan rings is 1. The van der Waals surface area contributed by atoms with Crippen molar-refractivity contribution in [3.8, 4) is 0 Å². The van der Waals surface area contributed by atoms with Gasteiger partial charge in [-0.25, -0.2) is 0 Å². The predicted molar refractivity (Wildman–Crippen MR) is 60.9 cm³/mol. The third-order valence-electron chi connectivity index (χ3n) is 2.43. The molecule has 0 aliphatic carbocycles. The van der Waals surface area contributed by atoms with E-state index in [4.69, 9.17) is 9.15 Å². The molecule has 0 aromatic carbocycles. The maximum Gasteiger partial charge on any atom is 0.0950 e. The molecule has 0 saturated heterocycles. The molecular weight excluding hydrogens is 190 g/mol. The molecule has 0 fully saturated rings. The largest absolute Gasteiger partial charge is 0.472 e. The molecule has 1 atom stereocenters. The summed E-state index contributed by atoms with van der Waals surface area (Å²) in [6, 6.07) is 2.43. The second kappa shape index (κ2) is 7.49. The summed E-state index contributed by atoms with van der Waals surface area (Å²) in [6.07, 6.45) is 6.86. The molecule has 86 valence electrons. The van der Waals surface area contributed by atoms with E-state index in [0.717, 1.165) is 32.4 Å². The van der Waals surface area contributed by atoms with Crippen LogP contribution in [0.2, 0.25) is 0 Å². The van der Waals surface area contributed by atoms with Crippen LogP contribution >= 0.6 is 0 Å². The van der Waals surface area contributed by atoms with E-state index < -0.39 is 0 Å². The van der Waals surface area contributed by atoms with Crippen LogP contribution in [0.25, 0.3) is 0 Å². The van der Waals surface area contributed by atoms with Crippen molar-refractivity contribution in [2.24, 2.45) is 0 Å². The Bertz CT molecular complexity index is 234. The van der Waals surface area contributed by atoms with E-state index in [-0.39, 0.29) is 0 Å². The van der Waals surface area contributed by atoms with Crippen LogP contribution in [0.4, 0.5) is 0 Å². The van der Waals surface area contributed by atoms with Gasteiger partial charge in [-0.15, -0.1) is 0 Å². The first kappa shape index (κ1) is 12.3. The molecule has 1 aromatic heterocycles. The molecule has 0 amide bonds.